The molecule has 0 saturated heterocycles. The molecule has 2 aromatic heterocycles. The molecule has 21 heavy (non-hydrogen) atoms. The minimum absolute atomic E-state index is 0.313. The van der Waals surface area contributed by atoms with Gasteiger partial charge in [0.1, 0.15) is 16.1 Å². The van der Waals surface area contributed by atoms with Crippen molar-refractivity contribution in [3.05, 3.63) is 58.0 Å². The van der Waals surface area contributed by atoms with E-state index < -0.39 is 0 Å². The highest BCUT2D eigenvalue weighted by molar-refractivity contribution is 6.37. The van der Waals surface area contributed by atoms with Gasteiger partial charge >= 0.3 is 0 Å². The van der Waals surface area contributed by atoms with Crippen molar-refractivity contribution in [3.8, 4) is 22.7 Å². The summed E-state index contributed by atoms with van der Waals surface area (Å²) in [6.45, 7) is 3.85. The molecule has 2 heterocycles. The van der Waals surface area contributed by atoms with E-state index in [1.165, 1.54) is 0 Å². The highest BCUT2D eigenvalue weighted by Crippen LogP contribution is 2.35. The van der Waals surface area contributed by atoms with Crippen LogP contribution in [-0.4, -0.2) is 9.97 Å². The van der Waals surface area contributed by atoms with E-state index in [0.29, 0.717) is 27.5 Å². The first-order chi connectivity index (χ1) is 10.1. The van der Waals surface area contributed by atoms with Crippen molar-refractivity contribution in [1.82, 2.24) is 9.97 Å². The number of furan rings is 1. The number of benzene rings is 1. The van der Waals surface area contributed by atoms with Gasteiger partial charge in [0.2, 0.25) is 0 Å². The Labute approximate surface area is 132 Å². The molecule has 5 heteroatoms. The Morgan fingerprint density at radius 3 is 2.14 bits per heavy atom. The smallest absolute Gasteiger partial charge is 0.198 e. The number of aryl methyl sites for hydroxylation is 2. The average molecular weight is 319 g/mol. The third-order valence-electron chi connectivity index (χ3n) is 3.20. The molecule has 1 aromatic carbocycles. The summed E-state index contributed by atoms with van der Waals surface area (Å²) in [4.78, 5) is 8.62. The second kappa shape index (κ2) is 5.51. The van der Waals surface area contributed by atoms with Gasteiger partial charge < -0.3 is 4.42 Å². The van der Waals surface area contributed by atoms with Crippen LogP contribution in [0.25, 0.3) is 22.7 Å². The first kappa shape index (κ1) is 14.1. The van der Waals surface area contributed by atoms with Crippen LogP contribution in [0.1, 0.15) is 11.3 Å². The van der Waals surface area contributed by atoms with E-state index in [-0.39, 0.29) is 0 Å². The molecule has 0 aliphatic heterocycles. The normalized spacial score (nSPS) is 10.9. The topological polar surface area (TPSA) is 38.9 Å². The summed E-state index contributed by atoms with van der Waals surface area (Å²) in [7, 11) is 0. The van der Waals surface area contributed by atoms with Crippen LogP contribution in [0.4, 0.5) is 0 Å². The van der Waals surface area contributed by atoms with Gasteiger partial charge in [0.25, 0.3) is 0 Å². The molecule has 0 spiro atoms. The van der Waals surface area contributed by atoms with Crippen LogP contribution < -0.4 is 0 Å². The second-order valence-electron chi connectivity index (χ2n) is 4.73. The van der Waals surface area contributed by atoms with Gasteiger partial charge in [0, 0.05) is 0 Å². The third kappa shape index (κ3) is 2.67. The fourth-order valence-electron chi connectivity index (χ4n) is 2.15. The zero-order chi connectivity index (χ0) is 15.0. The van der Waals surface area contributed by atoms with E-state index in [9.17, 15) is 0 Å². The Hall–Kier alpha value is -1.84. The summed E-state index contributed by atoms with van der Waals surface area (Å²) in [5.41, 5.74) is 2.63. The molecule has 0 saturated carbocycles. The molecule has 106 valence electrons. The number of hydrogen-bond donors (Lipinski definition) is 0. The standard InChI is InChI=1S/C16H12Cl2N2O/c1-9-5-3-4-6-11(9)13-14(17)19-16(20-15(13)18)12-8-7-10(2)21-12/h3-8H,1-2H3. The van der Waals surface area contributed by atoms with Gasteiger partial charge in [-0.15, -0.1) is 0 Å². The number of aromatic nitrogens is 2. The number of nitrogens with zero attached hydrogens (tertiary/aromatic N) is 2. The Balaban J connectivity index is 2.15. The largest absolute Gasteiger partial charge is 0.458 e. The minimum atomic E-state index is 0.313. The van der Waals surface area contributed by atoms with Crippen LogP contribution >= 0.6 is 23.2 Å². The molecule has 0 unspecified atom stereocenters. The van der Waals surface area contributed by atoms with E-state index in [2.05, 4.69) is 9.97 Å². The number of rotatable bonds is 2. The lowest BCUT2D eigenvalue weighted by Gasteiger charge is -2.10. The Kier molecular flexibility index (Phi) is 3.70. The molecule has 3 aromatic rings. The van der Waals surface area contributed by atoms with Gasteiger partial charge in [0.05, 0.1) is 5.56 Å². The van der Waals surface area contributed by atoms with Gasteiger partial charge in [0.15, 0.2) is 11.6 Å². The van der Waals surface area contributed by atoms with E-state index in [1.807, 2.05) is 44.2 Å². The Bertz CT molecular complexity index is 789. The van der Waals surface area contributed by atoms with Gasteiger partial charge in [-0.2, -0.15) is 0 Å². The van der Waals surface area contributed by atoms with Crippen molar-refractivity contribution < 1.29 is 4.42 Å². The Morgan fingerprint density at radius 1 is 0.905 bits per heavy atom. The molecular formula is C16H12Cl2N2O. The molecule has 0 N–H and O–H groups in total. The predicted octanol–water partition coefficient (Wildman–Crippen LogP) is 5.33. The summed E-state index contributed by atoms with van der Waals surface area (Å²) >= 11 is 12.6. The molecule has 0 aliphatic carbocycles. The maximum absolute atomic E-state index is 6.32. The zero-order valence-corrected chi connectivity index (χ0v) is 13.0. The third-order valence-corrected chi connectivity index (χ3v) is 3.74. The quantitative estimate of drug-likeness (QED) is 0.599. The lowest BCUT2D eigenvalue weighted by atomic mass is 10.0. The summed E-state index contributed by atoms with van der Waals surface area (Å²) in [5, 5.41) is 0.627. The fourth-order valence-corrected chi connectivity index (χ4v) is 2.74. The molecule has 3 nitrogen and oxygen atoms in total. The fraction of sp³-hybridized carbons (Fsp3) is 0.125. The average Bonchev–Trinajstić information content (AvgIpc) is 2.87. The summed E-state index contributed by atoms with van der Waals surface area (Å²) in [6.07, 6.45) is 0. The first-order valence-corrected chi connectivity index (χ1v) is 7.17. The molecule has 3 rings (SSSR count). The van der Waals surface area contributed by atoms with E-state index in [4.69, 9.17) is 27.6 Å². The number of halogens is 2. The van der Waals surface area contributed by atoms with Crippen LogP contribution in [0.3, 0.4) is 0 Å². The second-order valence-corrected chi connectivity index (χ2v) is 5.45. The molecule has 0 atom stereocenters. The highest BCUT2D eigenvalue weighted by Gasteiger charge is 2.17. The van der Waals surface area contributed by atoms with Crippen LogP contribution in [0.5, 0.6) is 0 Å². The van der Waals surface area contributed by atoms with Crippen molar-refractivity contribution in [1.29, 1.82) is 0 Å². The minimum Gasteiger partial charge on any atom is -0.458 e. The van der Waals surface area contributed by atoms with Crippen molar-refractivity contribution in [3.63, 3.8) is 0 Å². The first-order valence-electron chi connectivity index (χ1n) is 6.42. The van der Waals surface area contributed by atoms with Crippen molar-refractivity contribution >= 4 is 23.2 Å². The molecule has 0 aliphatic rings. The summed E-state index contributed by atoms with van der Waals surface area (Å²) in [6, 6.07) is 11.5. The van der Waals surface area contributed by atoms with Crippen molar-refractivity contribution in [2.24, 2.45) is 0 Å². The van der Waals surface area contributed by atoms with Crippen LogP contribution in [-0.2, 0) is 0 Å². The lowest BCUT2D eigenvalue weighted by molar-refractivity contribution is 0.544. The van der Waals surface area contributed by atoms with Crippen molar-refractivity contribution in [2.45, 2.75) is 13.8 Å². The van der Waals surface area contributed by atoms with E-state index in [1.54, 1.807) is 6.07 Å². The van der Waals surface area contributed by atoms with Gasteiger partial charge in [-0.25, -0.2) is 9.97 Å². The molecule has 0 bridgehead atoms. The number of hydrogen-bond acceptors (Lipinski definition) is 3. The molecular weight excluding hydrogens is 307 g/mol. The van der Waals surface area contributed by atoms with Gasteiger partial charge in [-0.1, -0.05) is 47.5 Å². The van der Waals surface area contributed by atoms with Crippen LogP contribution in [0, 0.1) is 13.8 Å². The molecule has 0 radical (unpaired) electrons. The van der Waals surface area contributed by atoms with Gasteiger partial charge in [-0.05, 0) is 37.1 Å². The zero-order valence-electron chi connectivity index (χ0n) is 11.5. The van der Waals surface area contributed by atoms with Crippen molar-refractivity contribution in [2.75, 3.05) is 0 Å². The van der Waals surface area contributed by atoms with Crippen LogP contribution in [0.15, 0.2) is 40.8 Å². The van der Waals surface area contributed by atoms with Crippen LogP contribution in [0.2, 0.25) is 10.3 Å². The van der Waals surface area contributed by atoms with E-state index in [0.717, 1.165) is 16.9 Å². The lowest BCUT2D eigenvalue weighted by Crippen LogP contribution is -1.95. The SMILES string of the molecule is Cc1ccc(-c2nc(Cl)c(-c3ccccc3C)c(Cl)n2)o1. The predicted molar refractivity (Wildman–Crippen MR) is 84.7 cm³/mol. The monoisotopic (exact) mass is 318 g/mol. The van der Waals surface area contributed by atoms with E-state index >= 15 is 0 Å². The maximum atomic E-state index is 6.32. The molecule has 0 fully saturated rings. The van der Waals surface area contributed by atoms with Gasteiger partial charge in [-0.3, -0.25) is 0 Å². The summed E-state index contributed by atoms with van der Waals surface area (Å²) < 4.78 is 5.51. The maximum Gasteiger partial charge on any atom is 0.198 e. The Morgan fingerprint density at radius 2 is 1.57 bits per heavy atom. The molecule has 0 amide bonds. The summed E-state index contributed by atoms with van der Waals surface area (Å²) in [5.74, 6) is 1.71. The highest BCUT2D eigenvalue weighted by atomic mass is 35.5.